The predicted octanol–water partition coefficient (Wildman–Crippen LogP) is 2.51. The number of ether oxygens (including phenoxy) is 2. The number of rotatable bonds is 8. The van der Waals surface area contributed by atoms with Crippen LogP contribution in [0.5, 0.6) is 11.5 Å². The minimum atomic E-state index is -0.242. The van der Waals surface area contributed by atoms with E-state index in [4.69, 9.17) is 14.7 Å². The zero-order valence-electron chi connectivity index (χ0n) is 15.5. The van der Waals surface area contributed by atoms with Gasteiger partial charge in [0.25, 0.3) is 5.91 Å². The Balaban J connectivity index is 1.47. The second-order valence-electron chi connectivity index (χ2n) is 6.09. The summed E-state index contributed by atoms with van der Waals surface area (Å²) in [5.74, 6) is 0.592. The van der Waals surface area contributed by atoms with E-state index in [-0.39, 0.29) is 12.5 Å². The van der Waals surface area contributed by atoms with Gasteiger partial charge in [-0.1, -0.05) is 24.3 Å². The van der Waals surface area contributed by atoms with Gasteiger partial charge in [-0.05, 0) is 23.3 Å². The molecule has 0 aliphatic carbocycles. The zero-order chi connectivity index (χ0) is 19.8. The first-order chi connectivity index (χ1) is 13.7. The summed E-state index contributed by atoms with van der Waals surface area (Å²) in [4.78, 5) is 16.1. The molecule has 28 heavy (non-hydrogen) atoms. The van der Waals surface area contributed by atoms with Crippen LogP contribution < -0.4 is 14.8 Å². The van der Waals surface area contributed by atoms with Crippen LogP contribution in [-0.2, 0) is 17.9 Å². The molecule has 7 heteroatoms. The lowest BCUT2D eigenvalue weighted by atomic mass is 10.1. The summed E-state index contributed by atoms with van der Waals surface area (Å²) in [7, 11) is 1.49. The van der Waals surface area contributed by atoms with E-state index in [0.29, 0.717) is 23.6 Å². The highest BCUT2D eigenvalue weighted by molar-refractivity contribution is 5.77. The number of carbonyl (C=O) groups excluding carboxylic acids is 1. The highest BCUT2D eigenvalue weighted by Crippen LogP contribution is 2.27. The maximum Gasteiger partial charge on any atom is 0.258 e. The van der Waals surface area contributed by atoms with Crippen molar-refractivity contribution in [3.8, 4) is 17.6 Å². The maximum atomic E-state index is 12.1. The quantitative estimate of drug-likeness (QED) is 0.652. The zero-order valence-corrected chi connectivity index (χ0v) is 15.5. The molecule has 7 nitrogen and oxygen atoms in total. The summed E-state index contributed by atoms with van der Waals surface area (Å²) in [6, 6.07) is 14.8. The average molecular weight is 376 g/mol. The molecule has 1 aromatic heterocycles. The molecule has 3 aromatic rings. The minimum Gasteiger partial charge on any atom is -0.493 e. The van der Waals surface area contributed by atoms with Crippen LogP contribution in [0.15, 0.2) is 61.2 Å². The monoisotopic (exact) mass is 376 g/mol. The summed E-state index contributed by atoms with van der Waals surface area (Å²) in [5.41, 5.74) is 2.62. The molecule has 2 aromatic carbocycles. The van der Waals surface area contributed by atoms with Crippen molar-refractivity contribution >= 4 is 5.91 Å². The number of imidazole rings is 1. The smallest absolute Gasteiger partial charge is 0.258 e. The Morgan fingerprint density at radius 1 is 1.18 bits per heavy atom. The molecule has 0 aliphatic heterocycles. The predicted molar refractivity (Wildman–Crippen MR) is 103 cm³/mol. The molecule has 0 aliphatic rings. The van der Waals surface area contributed by atoms with E-state index >= 15 is 0 Å². The normalized spacial score (nSPS) is 10.1. The van der Waals surface area contributed by atoms with Gasteiger partial charge in [0.05, 0.1) is 25.1 Å². The minimum absolute atomic E-state index is 0.138. The SMILES string of the molecule is COc1cc(C#N)ccc1OCC(=O)NCc1ccc(Cn2ccnc2)cc1. The van der Waals surface area contributed by atoms with Crippen LogP contribution in [0.25, 0.3) is 0 Å². The van der Waals surface area contributed by atoms with Gasteiger partial charge < -0.3 is 19.4 Å². The number of amides is 1. The van der Waals surface area contributed by atoms with Gasteiger partial charge >= 0.3 is 0 Å². The second-order valence-corrected chi connectivity index (χ2v) is 6.09. The van der Waals surface area contributed by atoms with Crippen molar-refractivity contribution in [2.75, 3.05) is 13.7 Å². The highest BCUT2D eigenvalue weighted by Gasteiger charge is 2.09. The summed E-state index contributed by atoms with van der Waals surface area (Å²) in [6.45, 7) is 1.03. The second kappa shape index (κ2) is 9.24. The molecule has 1 heterocycles. The first-order valence-electron chi connectivity index (χ1n) is 8.69. The molecule has 142 valence electrons. The van der Waals surface area contributed by atoms with Gasteiger partial charge in [0, 0.05) is 31.5 Å². The van der Waals surface area contributed by atoms with E-state index in [1.807, 2.05) is 41.1 Å². The van der Waals surface area contributed by atoms with Crippen LogP contribution in [0.4, 0.5) is 0 Å². The fourth-order valence-electron chi connectivity index (χ4n) is 2.60. The van der Waals surface area contributed by atoms with E-state index in [9.17, 15) is 4.79 Å². The summed E-state index contributed by atoms with van der Waals surface area (Å²) >= 11 is 0. The van der Waals surface area contributed by atoms with Crippen LogP contribution in [0, 0.1) is 11.3 Å². The topological polar surface area (TPSA) is 89.2 Å². The Bertz CT molecular complexity index is 960. The molecule has 0 saturated heterocycles. The van der Waals surface area contributed by atoms with Crippen molar-refractivity contribution in [2.45, 2.75) is 13.1 Å². The molecule has 1 N–H and O–H groups in total. The van der Waals surface area contributed by atoms with Crippen molar-refractivity contribution in [1.82, 2.24) is 14.9 Å². The van der Waals surface area contributed by atoms with Crippen molar-refractivity contribution in [2.24, 2.45) is 0 Å². The number of nitrogens with one attached hydrogen (secondary N) is 1. The van der Waals surface area contributed by atoms with Crippen molar-refractivity contribution in [3.63, 3.8) is 0 Å². The Morgan fingerprint density at radius 3 is 2.64 bits per heavy atom. The van der Waals surface area contributed by atoms with E-state index in [1.54, 1.807) is 30.7 Å². The van der Waals surface area contributed by atoms with Gasteiger partial charge in [0.1, 0.15) is 0 Å². The Kier molecular flexibility index (Phi) is 6.26. The van der Waals surface area contributed by atoms with Crippen LogP contribution in [-0.4, -0.2) is 29.2 Å². The van der Waals surface area contributed by atoms with Gasteiger partial charge in [-0.25, -0.2) is 4.98 Å². The number of benzene rings is 2. The van der Waals surface area contributed by atoms with Crippen molar-refractivity contribution in [3.05, 3.63) is 77.9 Å². The molecular weight excluding hydrogens is 356 g/mol. The molecule has 0 unspecified atom stereocenters. The Morgan fingerprint density at radius 2 is 1.96 bits per heavy atom. The number of nitrogens with zero attached hydrogens (tertiary/aromatic N) is 3. The van der Waals surface area contributed by atoms with Gasteiger partial charge in [0.15, 0.2) is 18.1 Å². The third-order valence-corrected chi connectivity index (χ3v) is 4.09. The van der Waals surface area contributed by atoms with E-state index < -0.39 is 0 Å². The fourth-order valence-corrected chi connectivity index (χ4v) is 2.60. The highest BCUT2D eigenvalue weighted by atomic mass is 16.5. The lowest BCUT2D eigenvalue weighted by molar-refractivity contribution is -0.123. The first kappa shape index (κ1) is 19.0. The van der Waals surface area contributed by atoms with Crippen LogP contribution in [0.2, 0.25) is 0 Å². The molecule has 1 amide bonds. The van der Waals surface area contributed by atoms with Gasteiger partial charge in [-0.15, -0.1) is 0 Å². The molecule has 0 atom stereocenters. The third kappa shape index (κ3) is 5.11. The van der Waals surface area contributed by atoms with E-state index in [2.05, 4.69) is 10.3 Å². The van der Waals surface area contributed by atoms with Crippen molar-refractivity contribution < 1.29 is 14.3 Å². The summed E-state index contributed by atoms with van der Waals surface area (Å²) in [6.07, 6.45) is 5.44. The van der Waals surface area contributed by atoms with E-state index in [0.717, 1.165) is 17.7 Å². The number of nitriles is 1. The van der Waals surface area contributed by atoms with E-state index in [1.165, 1.54) is 7.11 Å². The average Bonchev–Trinajstić information content (AvgIpc) is 3.24. The van der Waals surface area contributed by atoms with Crippen LogP contribution in [0.3, 0.4) is 0 Å². The molecular formula is C21H20N4O3. The molecule has 0 bridgehead atoms. The maximum absolute atomic E-state index is 12.1. The Labute approximate surface area is 163 Å². The molecule has 0 spiro atoms. The number of hydrogen-bond donors (Lipinski definition) is 1. The fraction of sp³-hybridized carbons (Fsp3) is 0.190. The summed E-state index contributed by atoms with van der Waals surface area (Å²) < 4.78 is 12.7. The molecule has 0 fully saturated rings. The van der Waals surface area contributed by atoms with Crippen LogP contribution in [0.1, 0.15) is 16.7 Å². The molecule has 3 rings (SSSR count). The molecule has 0 saturated carbocycles. The van der Waals surface area contributed by atoms with Crippen molar-refractivity contribution in [1.29, 1.82) is 5.26 Å². The summed E-state index contributed by atoms with van der Waals surface area (Å²) in [5, 5.41) is 11.7. The van der Waals surface area contributed by atoms with Gasteiger partial charge in [0.2, 0.25) is 0 Å². The van der Waals surface area contributed by atoms with Crippen LogP contribution >= 0.6 is 0 Å². The number of aromatic nitrogens is 2. The van der Waals surface area contributed by atoms with Gasteiger partial charge in [-0.2, -0.15) is 5.26 Å². The first-order valence-corrected chi connectivity index (χ1v) is 8.69. The lowest BCUT2D eigenvalue weighted by Gasteiger charge is -2.11. The number of methoxy groups -OCH3 is 1. The molecule has 0 radical (unpaired) electrons. The number of hydrogen-bond acceptors (Lipinski definition) is 5. The number of carbonyl (C=O) groups is 1. The van der Waals surface area contributed by atoms with Gasteiger partial charge in [-0.3, -0.25) is 4.79 Å². The third-order valence-electron chi connectivity index (χ3n) is 4.09. The largest absolute Gasteiger partial charge is 0.493 e. The standard InChI is InChI=1S/C21H20N4O3/c1-27-20-10-18(11-22)6-7-19(20)28-14-21(26)24-12-16-2-4-17(5-3-16)13-25-9-8-23-15-25/h2-10,15H,12-14H2,1H3,(H,24,26). The lowest BCUT2D eigenvalue weighted by Crippen LogP contribution is -2.28. The Hall–Kier alpha value is -3.79.